The topological polar surface area (TPSA) is 93.3 Å². The van der Waals surface area contributed by atoms with Gasteiger partial charge in [0.25, 0.3) is 5.91 Å². The van der Waals surface area contributed by atoms with Crippen LogP contribution in [0.4, 0.5) is 0 Å². The molecule has 1 fully saturated rings. The Labute approximate surface area is 193 Å². The van der Waals surface area contributed by atoms with E-state index in [2.05, 4.69) is 10.3 Å². The minimum atomic E-state index is -0.171. The van der Waals surface area contributed by atoms with Gasteiger partial charge in [-0.2, -0.15) is 0 Å². The molecule has 2 aromatic carbocycles. The largest absolute Gasteiger partial charge is 0.355 e. The Hall–Kier alpha value is -2.61. The standard InChI is InChI=1S/C22H25N5O2.2ClH/c23-11-12-24-21(28)17-4-3-13-26(14-17)22(29)16-7-9-18(10-8-16)27-15-25-19-5-1-2-6-20(19)27;;/h1-2,5-10,15,17H,3-4,11-14,23H2,(H,24,28);2*1H. The van der Waals surface area contributed by atoms with Gasteiger partial charge in [0.05, 0.1) is 17.0 Å². The van der Waals surface area contributed by atoms with Gasteiger partial charge in [0.15, 0.2) is 0 Å². The molecule has 2 heterocycles. The lowest BCUT2D eigenvalue weighted by Gasteiger charge is -2.32. The fourth-order valence-corrected chi connectivity index (χ4v) is 3.83. The summed E-state index contributed by atoms with van der Waals surface area (Å²) >= 11 is 0. The van der Waals surface area contributed by atoms with Crippen molar-refractivity contribution in [1.29, 1.82) is 0 Å². The number of amides is 2. The van der Waals surface area contributed by atoms with Crippen LogP contribution >= 0.6 is 24.8 Å². The van der Waals surface area contributed by atoms with Crippen LogP contribution in [0.1, 0.15) is 23.2 Å². The predicted molar refractivity (Wildman–Crippen MR) is 126 cm³/mol. The van der Waals surface area contributed by atoms with Crippen molar-refractivity contribution in [2.45, 2.75) is 12.8 Å². The van der Waals surface area contributed by atoms with Crippen LogP contribution in [-0.2, 0) is 4.79 Å². The number of fused-ring (bicyclic) bond motifs is 1. The van der Waals surface area contributed by atoms with Gasteiger partial charge < -0.3 is 16.0 Å². The van der Waals surface area contributed by atoms with Gasteiger partial charge in [-0.05, 0) is 49.2 Å². The average Bonchev–Trinajstić information content (AvgIpc) is 3.21. The van der Waals surface area contributed by atoms with Crippen molar-refractivity contribution in [3.05, 3.63) is 60.4 Å². The maximum Gasteiger partial charge on any atom is 0.253 e. The number of aromatic nitrogens is 2. The summed E-state index contributed by atoms with van der Waals surface area (Å²) in [6.07, 6.45) is 3.41. The van der Waals surface area contributed by atoms with E-state index in [1.54, 1.807) is 11.2 Å². The van der Waals surface area contributed by atoms with E-state index in [4.69, 9.17) is 5.73 Å². The molecule has 0 saturated carbocycles. The lowest BCUT2D eigenvalue weighted by Crippen LogP contribution is -2.46. The van der Waals surface area contributed by atoms with E-state index in [1.807, 2.05) is 53.1 Å². The van der Waals surface area contributed by atoms with Gasteiger partial charge in [-0.15, -0.1) is 24.8 Å². The SMILES string of the molecule is Cl.Cl.NCCNC(=O)C1CCCN(C(=O)c2ccc(-n3cnc4ccccc43)cc2)C1. The monoisotopic (exact) mass is 463 g/mol. The van der Waals surface area contributed by atoms with E-state index < -0.39 is 0 Å². The molecule has 3 N–H and O–H groups in total. The number of nitrogens with one attached hydrogen (secondary N) is 1. The highest BCUT2D eigenvalue weighted by Crippen LogP contribution is 2.21. The summed E-state index contributed by atoms with van der Waals surface area (Å²) in [6.45, 7) is 2.00. The second kappa shape index (κ2) is 11.1. The Balaban J connectivity index is 0.00000171. The maximum atomic E-state index is 12.9. The van der Waals surface area contributed by atoms with Crippen molar-refractivity contribution in [2.75, 3.05) is 26.2 Å². The van der Waals surface area contributed by atoms with Gasteiger partial charge in [0.2, 0.25) is 5.91 Å². The van der Waals surface area contributed by atoms with E-state index in [-0.39, 0.29) is 42.5 Å². The van der Waals surface area contributed by atoms with E-state index in [0.717, 1.165) is 29.6 Å². The molecular formula is C22H27Cl2N5O2. The van der Waals surface area contributed by atoms with Crippen molar-refractivity contribution >= 4 is 47.7 Å². The highest BCUT2D eigenvalue weighted by molar-refractivity contribution is 5.95. The summed E-state index contributed by atoms with van der Waals surface area (Å²) in [5.74, 6) is -0.227. The molecule has 1 unspecified atom stereocenters. The van der Waals surface area contributed by atoms with Gasteiger partial charge >= 0.3 is 0 Å². The van der Waals surface area contributed by atoms with Crippen LogP contribution in [0, 0.1) is 5.92 Å². The Morgan fingerprint density at radius 1 is 1.10 bits per heavy atom. The summed E-state index contributed by atoms with van der Waals surface area (Å²) < 4.78 is 2.00. The zero-order chi connectivity index (χ0) is 20.2. The van der Waals surface area contributed by atoms with Gasteiger partial charge in [-0.3, -0.25) is 14.2 Å². The summed E-state index contributed by atoms with van der Waals surface area (Å²) in [7, 11) is 0. The number of hydrogen-bond acceptors (Lipinski definition) is 4. The number of piperidine rings is 1. The Morgan fingerprint density at radius 3 is 2.58 bits per heavy atom. The number of carbonyl (C=O) groups excluding carboxylic acids is 2. The van der Waals surface area contributed by atoms with Gasteiger partial charge in [-0.25, -0.2) is 4.98 Å². The number of hydrogen-bond donors (Lipinski definition) is 2. The molecule has 0 radical (unpaired) electrons. The first-order valence-electron chi connectivity index (χ1n) is 9.97. The molecule has 0 aliphatic carbocycles. The molecule has 1 aliphatic rings. The predicted octanol–water partition coefficient (Wildman–Crippen LogP) is 2.80. The first-order valence-corrected chi connectivity index (χ1v) is 9.97. The Bertz CT molecular complexity index is 1020. The molecule has 1 aliphatic heterocycles. The van der Waals surface area contributed by atoms with Gasteiger partial charge in [0, 0.05) is 37.4 Å². The Kier molecular flexibility index (Phi) is 8.86. The molecule has 2 amide bonds. The Morgan fingerprint density at radius 2 is 1.84 bits per heavy atom. The van der Waals surface area contributed by atoms with Crippen molar-refractivity contribution in [3.63, 3.8) is 0 Å². The third kappa shape index (κ3) is 5.36. The second-order valence-electron chi connectivity index (χ2n) is 7.32. The van der Waals surface area contributed by atoms with Gasteiger partial charge in [0.1, 0.15) is 6.33 Å². The summed E-state index contributed by atoms with van der Waals surface area (Å²) in [6, 6.07) is 15.5. The number of rotatable bonds is 5. The molecule has 166 valence electrons. The lowest BCUT2D eigenvalue weighted by molar-refractivity contribution is -0.126. The molecule has 3 aromatic rings. The first-order chi connectivity index (χ1) is 14.2. The minimum Gasteiger partial charge on any atom is -0.355 e. The lowest BCUT2D eigenvalue weighted by atomic mass is 9.96. The smallest absolute Gasteiger partial charge is 0.253 e. The molecule has 7 nitrogen and oxygen atoms in total. The molecule has 0 bridgehead atoms. The van der Waals surface area contributed by atoms with Crippen LogP contribution in [0.3, 0.4) is 0 Å². The van der Waals surface area contributed by atoms with Crippen molar-refractivity contribution in [1.82, 2.24) is 19.8 Å². The molecular weight excluding hydrogens is 437 g/mol. The van der Waals surface area contributed by atoms with E-state index in [1.165, 1.54) is 0 Å². The fourth-order valence-electron chi connectivity index (χ4n) is 3.83. The number of likely N-dealkylation sites (tertiary alicyclic amines) is 1. The van der Waals surface area contributed by atoms with E-state index in [9.17, 15) is 9.59 Å². The number of halogens is 2. The first kappa shape index (κ1) is 24.7. The van der Waals surface area contributed by atoms with Crippen LogP contribution in [0.15, 0.2) is 54.9 Å². The maximum absolute atomic E-state index is 12.9. The number of nitrogens with two attached hydrogens (primary N) is 1. The second-order valence-corrected chi connectivity index (χ2v) is 7.32. The molecule has 31 heavy (non-hydrogen) atoms. The number of carbonyl (C=O) groups is 2. The zero-order valence-electron chi connectivity index (χ0n) is 17.1. The number of para-hydroxylation sites is 2. The molecule has 1 aromatic heterocycles. The number of imidazole rings is 1. The molecule has 1 saturated heterocycles. The fraction of sp³-hybridized carbons (Fsp3) is 0.318. The summed E-state index contributed by atoms with van der Waals surface area (Å²) in [5, 5.41) is 2.83. The third-order valence-corrected chi connectivity index (χ3v) is 5.37. The van der Waals surface area contributed by atoms with E-state index in [0.29, 0.717) is 31.7 Å². The van der Waals surface area contributed by atoms with Crippen LogP contribution in [0.25, 0.3) is 16.7 Å². The average molecular weight is 464 g/mol. The van der Waals surface area contributed by atoms with Crippen molar-refractivity contribution in [2.24, 2.45) is 11.7 Å². The quantitative estimate of drug-likeness (QED) is 0.608. The van der Waals surface area contributed by atoms with Gasteiger partial charge in [-0.1, -0.05) is 12.1 Å². The highest BCUT2D eigenvalue weighted by Gasteiger charge is 2.28. The van der Waals surface area contributed by atoms with Crippen LogP contribution < -0.4 is 11.1 Å². The van der Waals surface area contributed by atoms with Crippen molar-refractivity contribution in [3.8, 4) is 5.69 Å². The van der Waals surface area contributed by atoms with Crippen LogP contribution in [0.5, 0.6) is 0 Å². The highest BCUT2D eigenvalue weighted by atomic mass is 35.5. The number of nitrogens with zero attached hydrogens (tertiary/aromatic N) is 3. The normalized spacial score (nSPS) is 15.6. The third-order valence-electron chi connectivity index (χ3n) is 5.37. The molecule has 0 spiro atoms. The molecule has 4 rings (SSSR count). The van der Waals surface area contributed by atoms with Crippen molar-refractivity contribution < 1.29 is 9.59 Å². The molecule has 1 atom stereocenters. The summed E-state index contributed by atoms with van der Waals surface area (Å²) in [5.41, 5.74) is 8.98. The molecule has 9 heteroatoms. The minimum absolute atomic E-state index is 0. The van der Waals surface area contributed by atoms with Crippen LogP contribution in [0.2, 0.25) is 0 Å². The van der Waals surface area contributed by atoms with Crippen LogP contribution in [-0.4, -0.2) is 52.4 Å². The number of benzene rings is 2. The zero-order valence-corrected chi connectivity index (χ0v) is 18.7. The summed E-state index contributed by atoms with van der Waals surface area (Å²) in [4.78, 5) is 31.4. The van der Waals surface area contributed by atoms with E-state index >= 15 is 0 Å².